The van der Waals surface area contributed by atoms with Gasteiger partial charge in [-0.2, -0.15) is 10.5 Å². The molecule has 0 atom stereocenters. The Kier molecular flexibility index (Phi) is 2.47. The molecule has 1 rings (SSSR count). The molecular formula is C9H6FN3. The summed E-state index contributed by atoms with van der Waals surface area (Å²) in [5.74, 6) is -0.543. The number of halogens is 1. The van der Waals surface area contributed by atoms with Crippen LogP contribution >= 0.6 is 0 Å². The van der Waals surface area contributed by atoms with Crippen molar-refractivity contribution in [3.63, 3.8) is 0 Å². The number of nitrogens with zero attached hydrogens (tertiary/aromatic N) is 2. The number of hydrogen-bond donors (Lipinski definition) is 1. The predicted molar refractivity (Wildman–Crippen MR) is 44.8 cm³/mol. The van der Waals surface area contributed by atoms with E-state index in [0.29, 0.717) is 0 Å². The van der Waals surface area contributed by atoms with Crippen LogP contribution in [0.25, 0.3) is 0 Å². The lowest BCUT2D eigenvalue weighted by Gasteiger charge is -2.03. The number of nitrogens with two attached hydrogens (primary N) is 1. The minimum Gasteiger partial charge on any atom is -0.397 e. The van der Waals surface area contributed by atoms with Crippen molar-refractivity contribution in [2.75, 3.05) is 5.73 Å². The molecule has 0 spiro atoms. The molecule has 0 aliphatic carbocycles. The van der Waals surface area contributed by atoms with E-state index in [9.17, 15) is 4.39 Å². The molecule has 64 valence electrons. The molecule has 4 heteroatoms. The third-order valence-electron chi connectivity index (χ3n) is 1.68. The van der Waals surface area contributed by atoms with Crippen molar-refractivity contribution in [2.45, 2.75) is 6.42 Å². The van der Waals surface area contributed by atoms with Crippen molar-refractivity contribution in [2.24, 2.45) is 0 Å². The largest absolute Gasteiger partial charge is 0.397 e. The quantitative estimate of drug-likeness (QED) is 0.654. The second kappa shape index (κ2) is 3.55. The van der Waals surface area contributed by atoms with Crippen LogP contribution in [0, 0.1) is 28.5 Å². The molecule has 13 heavy (non-hydrogen) atoms. The van der Waals surface area contributed by atoms with Crippen LogP contribution in [-0.4, -0.2) is 0 Å². The Morgan fingerprint density at radius 2 is 2.08 bits per heavy atom. The van der Waals surface area contributed by atoms with Gasteiger partial charge in [0.25, 0.3) is 0 Å². The van der Waals surface area contributed by atoms with Gasteiger partial charge in [-0.05, 0) is 12.1 Å². The monoisotopic (exact) mass is 175 g/mol. The molecule has 0 amide bonds. The van der Waals surface area contributed by atoms with Gasteiger partial charge >= 0.3 is 0 Å². The molecule has 3 nitrogen and oxygen atoms in total. The van der Waals surface area contributed by atoms with Crippen molar-refractivity contribution in [3.05, 3.63) is 29.1 Å². The number of benzene rings is 1. The summed E-state index contributed by atoms with van der Waals surface area (Å²) >= 11 is 0. The van der Waals surface area contributed by atoms with Crippen molar-refractivity contribution in [1.29, 1.82) is 10.5 Å². The SMILES string of the molecule is N#CCc1c(F)ccc(C#N)c1N. The van der Waals surface area contributed by atoms with Gasteiger partial charge in [0.2, 0.25) is 0 Å². The van der Waals surface area contributed by atoms with Crippen LogP contribution in [0.1, 0.15) is 11.1 Å². The van der Waals surface area contributed by atoms with Crippen molar-refractivity contribution in [1.82, 2.24) is 0 Å². The van der Waals surface area contributed by atoms with E-state index in [1.165, 1.54) is 6.07 Å². The summed E-state index contributed by atoms with van der Waals surface area (Å²) in [4.78, 5) is 0. The highest BCUT2D eigenvalue weighted by Crippen LogP contribution is 2.20. The van der Waals surface area contributed by atoms with Crippen LogP contribution in [0.5, 0.6) is 0 Å². The minimum absolute atomic E-state index is 0.0593. The highest BCUT2D eigenvalue weighted by atomic mass is 19.1. The topological polar surface area (TPSA) is 73.6 Å². The van der Waals surface area contributed by atoms with Crippen LogP contribution in [0.15, 0.2) is 12.1 Å². The minimum atomic E-state index is -0.543. The predicted octanol–water partition coefficient (Wildman–Crippen LogP) is 1.35. The summed E-state index contributed by atoms with van der Waals surface area (Å²) in [5.41, 5.74) is 5.83. The van der Waals surface area contributed by atoms with Crippen LogP contribution in [-0.2, 0) is 6.42 Å². The Morgan fingerprint density at radius 3 is 2.62 bits per heavy atom. The fourth-order valence-corrected chi connectivity index (χ4v) is 0.994. The maximum atomic E-state index is 13.0. The molecular weight excluding hydrogens is 169 g/mol. The van der Waals surface area contributed by atoms with Crippen LogP contribution in [0.4, 0.5) is 10.1 Å². The molecule has 0 aliphatic rings. The first-order chi connectivity index (χ1) is 6.20. The van der Waals surface area contributed by atoms with E-state index < -0.39 is 5.82 Å². The van der Waals surface area contributed by atoms with Crippen LogP contribution < -0.4 is 5.73 Å². The Morgan fingerprint density at radius 1 is 1.38 bits per heavy atom. The second-order valence-corrected chi connectivity index (χ2v) is 2.43. The number of anilines is 1. The molecule has 0 bridgehead atoms. The smallest absolute Gasteiger partial charge is 0.129 e. The lowest BCUT2D eigenvalue weighted by atomic mass is 10.1. The van der Waals surface area contributed by atoms with Crippen molar-refractivity contribution < 1.29 is 4.39 Å². The van der Waals surface area contributed by atoms with Gasteiger partial charge < -0.3 is 5.73 Å². The highest BCUT2D eigenvalue weighted by Gasteiger charge is 2.09. The molecule has 2 N–H and O–H groups in total. The van der Waals surface area contributed by atoms with E-state index >= 15 is 0 Å². The van der Waals surface area contributed by atoms with Gasteiger partial charge in [-0.1, -0.05) is 0 Å². The normalized spacial score (nSPS) is 8.85. The highest BCUT2D eigenvalue weighted by molar-refractivity contribution is 5.60. The maximum absolute atomic E-state index is 13.0. The first-order valence-electron chi connectivity index (χ1n) is 3.54. The first kappa shape index (κ1) is 9.02. The maximum Gasteiger partial charge on any atom is 0.129 e. The van der Waals surface area contributed by atoms with E-state index in [0.717, 1.165) is 6.07 Å². The summed E-state index contributed by atoms with van der Waals surface area (Å²) in [5, 5.41) is 16.9. The molecule has 1 aromatic carbocycles. The molecule has 0 radical (unpaired) electrons. The van der Waals surface area contributed by atoms with Gasteiger partial charge in [0.1, 0.15) is 11.9 Å². The molecule has 0 aromatic heterocycles. The zero-order chi connectivity index (χ0) is 9.84. The zero-order valence-corrected chi connectivity index (χ0v) is 6.71. The fraction of sp³-hybridized carbons (Fsp3) is 0.111. The lowest BCUT2D eigenvalue weighted by molar-refractivity contribution is 0.616. The third kappa shape index (κ3) is 1.57. The van der Waals surface area contributed by atoms with Crippen molar-refractivity contribution >= 4 is 5.69 Å². The first-order valence-corrected chi connectivity index (χ1v) is 3.54. The average Bonchev–Trinajstić information content (AvgIpc) is 2.12. The van der Waals surface area contributed by atoms with E-state index in [2.05, 4.69) is 0 Å². The molecule has 1 aromatic rings. The Bertz CT molecular complexity index is 412. The summed E-state index contributed by atoms with van der Waals surface area (Å²) in [6, 6.07) is 6.05. The third-order valence-corrected chi connectivity index (χ3v) is 1.68. The Labute approximate surface area is 74.8 Å². The second-order valence-electron chi connectivity index (χ2n) is 2.43. The van der Waals surface area contributed by atoms with Crippen LogP contribution in [0.3, 0.4) is 0 Å². The van der Waals surface area contributed by atoms with E-state index in [4.69, 9.17) is 16.3 Å². The zero-order valence-electron chi connectivity index (χ0n) is 6.71. The summed E-state index contributed by atoms with van der Waals surface area (Å²) in [6.07, 6.45) is -0.118. The molecule has 0 saturated carbocycles. The number of nitrogen functional groups attached to an aromatic ring is 1. The van der Waals surface area contributed by atoms with E-state index in [1.807, 2.05) is 6.07 Å². The standard InChI is InChI=1S/C9H6FN3/c10-8-2-1-6(5-12)9(13)7(8)3-4-11/h1-2H,3,13H2. The van der Waals surface area contributed by atoms with Gasteiger partial charge in [0.05, 0.1) is 23.7 Å². The van der Waals surface area contributed by atoms with Gasteiger partial charge in [-0.25, -0.2) is 4.39 Å². The summed E-state index contributed by atoms with van der Waals surface area (Å²) in [6.45, 7) is 0. The number of rotatable bonds is 1. The summed E-state index contributed by atoms with van der Waals surface area (Å²) < 4.78 is 13.0. The molecule has 0 fully saturated rings. The van der Waals surface area contributed by atoms with Gasteiger partial charge in [-0.3, -0.25) is 0 Å². The summed E-state index contributed by atoms with van der Waals surface area (Å²) in [7, 11) is 0. The van der Waals surface area contributed by atoms with Crippen molar-refractivity contribution in [3.8, 4) is 12.1 Å². The van der Waals surface area contributed by atoms with Gasteiger partial charge in [0.15, 0.2) is 0 Å². The fourth-order valence-electron chi connectivity index (χ4n) is 0.994. The van der Waals surface area contributed by atoms with Gasteiger partial charge in [-0.15, -0.1) is 0 Å². The molecule has 0 saturated heterocycles. The van der Waals surface area contributed by atoms with Gasteiger partial charge in [0, 0.05) is 5.56 Å². The number of nitriles is 2. The Hall–Kier alpha value is -2.07. The molecule has 0 unspecified atom stereocenters. The number of hydrogen-bond acceptors (Lipinski definition) is 3. The Balaban J connectivity index is 3.33. The van der Waals surface area contributed by atoms with E-state index in [1.54, 1.807) is 6.07 Å². The average molecular weight is 175 g/mol. The molecule has 0 aliphatic heterocycles. The lowest BCUT2D eigenvalue weighted by Crippen LogP contribution is -2.00. The van der Waals surface area contributed by atoms with Crippen LogP contribution in [0.2, 0.25) is 0 Å². The molecule has 0 heterocycles. The van der Waals surface area contributed by atoms with E-state index in [-0.39, 0.29) is 23.2 Å².